The van der Waals surface area contributed by atoms with Gasteiger partial charge in [0.05, 0.1) is 11.6 Å². The number of carboxylic acids is 1. The first-order chi connectivity index (χ1) is 9.79. The summed E-state index contributed by atoms with van der Waals surface area (Å²) in [5.74, 6) is -3.20. The minimum atomic E-state index is -4.04. The number of hydrogen-bond acceptors (Lipinski definition) is 3. The molecule has 0 unspecified atom stereocenters. The number of benzene rings is 1. The van der Waals surface area contributed by atoms with E-state index in [9.17, 15) is 22.0 Å². The third kappa shape index (κ3) is 3.67. The van der Waals surface area contributed by atoms with Gasteiger partial charge in [-0.25, -0.2) is 8.78 Å². The lowest BCUT2D eigenvalue weighted by atomic mass is 9.99. The van der Waals surface area contributed by atoms with Gasteiger partial charge in [-0.2, -0.15) is 12.7 Å². The summed E-state index contributed by atoms with van der Waals surface area (Å²) in [5, 5.41) is 8.85. The Kier molecular flexibility index (Phi) is 4.43. The van der Waals surface area contributed by atoms with Crippen molar-refractivity contribution in [3.8, 4) is 0 Å². The SMILES string of the molecule is O=C(O)C1CCN(S(=O)(=O)Nc2cc(F)ccc2F)CC1. The minimum absolute atomic E-state index is 0.0171. The summed E-state index contributed by atoms with van der Waals surface area (Å²) >= 11 is 0. The molecule has 9 heteroatoms. The van der Waals surface area contributed by atoms with E-state index in [-0.39, 0.29) is 25.9 Å². The third-order valence-corrected chi connectivity index (χ3v) is 4.83. The number of nitrogens with zero attached hydrogens (tertiary/aromatic N) is 1. The number of piperidine rings is 1. The Balaban J connectivity index is 2.09. The number of nitrogens with one attached hydrogen (secondary N) is 1. The monoisotopic (exact) mass is 320 g/mol. The first kappa shape index (κ1) is 15.6. The Bertz CT molecular complexity index is 643. The van der Waals surface area contributed by atoms with Crippen molar-refractivity contribution in [3.63, 3.8) is 0 Å². The summed E-state index contributed by atoms with van der Waals surface area (Å²) in [6.45, 7) is 0.0342. The van der Waals surface area contributed by atoms with Gasteiger partial charge in [-0.15, -0.1) is 0 Å². The molecule has 0 radical (unpaired) electrons. The number of carbonyl (C=O) groups is 1. The van der Waals surface area contributed by atoms with E-state index in [1.165, 1.54) is 0 Å². The van der Waals surface area contributed by atoms with Crippen LogP contribution in [0.5, 0.6) is 0 Å². The van der Waals surface area contributed by atoms with Gasteiger partial charge in [-0.05, 0) is 25.0 Å². The molecule has 0 amide bonds. The molecule has 1 aliphatic heterocycles. The summed E-state index contributed by atoms with van der Waals surface area (Å²) in [4.78, 5) is 10.8. The molecule has 1 heterocycles. The first-order valence-electron chi connectivity index (χ1n) is 6.25. The molecule has 2 rings (SSSR count). The molecule has 0 spiro atoms. The van der Waals surface area contributed by atoms with Gasteiger partial charge in [0.15, 0.2) is 0 Å². The van der Waals surface area contributed by atoms with Crippen LogP contribution in [0.4, 0.5) is 14.5 Å². The topological polar surface area (TPSA) is 86.7 Å². The predicted molar refractivity (Wildman–Crippen MR) is 70.8 cm³/mol. The minimum Gasteiger partial charge on any atom is -0.481 e. The molecule has 1 aliphatic rings. The van der Waals surface area contributed by atoms with E-state index >= 15 is 0 Å². The lowest BCUT2D eigenvalue weighted by molar-refractivity contribution is -0.142. The highest BCUT2D eigenvalue weighted by atomic mass is 32.2. The van der Waals surface area contributed by atoms with Crippen LogP contribution in [0.3, 0.4) is 0 Å². The van der Waals surface area contributed by atoms with Crippen molar-refractivity contribution < 1.29 is 27.1 Å². The van der Waals surface area contributed by atoms with E-state index in [2.05, 4.69) is 0 Å². The molecule has 21 heavy (non-hydrogen) atoms. The van der Waals surface area contributed by atoms with Crippen LogP contribution >= 0.6 is 0 Å². The van der Waals surface area contributed by atoms with Gasteiger partial charge in [0.2, 0.25) is 0 Å². The molecule has 1 fully saturated rings. The summed E-state index contributed by atoms with van der Waals surface area (Å²) in [7, 11) is -4.04. The number of carboxylic acid groups (broad SMARTS) is 1. The fourth-order valence-electron chi connectivity index (χ4n) is 2.12. The molecule has 1 aromatic rings. The van der Waals surface area contributed by atoms with Gasteiger partial charge in [0.25, 0.3) is 0 Å². The summed E-state index contributed by atoms with van der Waals surface area (Å²) in [6, 6.07) is 2.45. The van der Waals surface area contributed by atoms with Crippen LogP contribution < -0.4 is 4.72 Å². The van der Waals surface area contributed by atoms with E-state index in [0.717, 1.165) is 22.5 Å². The highest BCUT2D eigenvalue weighted by Gasteiger charge is 2.31. The van der Waals surface area contributed by atoms with Crippen LogP contribution in [0.15, 0.2) is 18.2 Å². The van der Waals surface area contributed by atoms with Crippen molar-refractivity contribution in [3.05, 3.63) is 29.8 Å². The number of aliphatic carboxylic acids is 1. The first-order valence-corrected chi connectivity index (χ1v) is 7.69. The molecule has 6 nitrogen and oxygen atoms in total. The van der Waals surface area contributed by atoms with Crippen LogP contribution in [0.2, 0.25) is 0 Å². The number of rotatable bonds is 4. The maximum atomic E-state index is 13.4. The molecule has 0 bridgehead atoms. The van der Waals surface area contributed by atoms with Crippen LogP contribution in [-0.2, 0) is 15.0 Å². The Morgan fingerprint density at radius 2 is 1.90 bits per heavy atom. The Morgan fingerprint density at radius 1 is 1.29 bits per heavy atom. The quantitative estimate of drug-likeness (QED) is 0.878. The van der Waals surface area contributed by atoms with Crippen molar-refractivity contribution in [1.29, 1.82) is 0 Å². The molecule has 1 saturated heterocycles. The molecule has 0 atom stereocenters. The maximum Gasteiger partial charge on any atom is 0.306 e. The highest BCUT2D eigenvalue weighted by Crippen LogP contribution is 2.22. The second kappa shape index (κ2) is 5.94. The van der Waals surface area contributed by atoms with Crippen molar-refractivity contribution in [2.45, 2.75) is 12.8 Å². The largest absolute Gasteiger partial charge is 0.481 e. The average Bonchev–Trinajstić information content (AvgIpc) is 2.43. The molecular weight excluding hydrogens is 306 g/mol. The second-order valence-electron chi connectivity index (χ2n) is 4.74. The number of anilines is 1. The molecule has 0 saturated carbocycles. The van der Waals surface area contributed by atoms with E-state index in [0.29, 0.717) is 0 Å². The van der Waals surface area contributed by atoms with Crippen LogP contribution in [0, 0.1) is 17.6 Å². The van der Waals surface area contributed by atoms with Crippen LogP contribution in [-0.4, -0.2) is 36.9 Å². The fourth-order valence-corrected chi connectivity index (χ4v) is 3.38. The second-order valence-corrected chi connectivity index (χ2v) is 6.41. The zero-order chi connectivity index (χ0) is 15.6. The molecule has 1 aromatic carbocycles. The zero-order valence-electron chi connectivity index (χ0n) is 10.9. The van der Waals surface area contributed by atoms with Gasteiger partial charge in [-0.3, -0.25) is 9.52 Å². The highest BCUT2D eigenvalue weighted by molar-refractivity contribution is 7.90. The fraction of sp³-hybridized carbons (Fsp3) is 0.417. The zero-order valence-corrected chi connectivity index (χ0v) is 11.7. The van der Waals surface area contributed by atoms with Gasteiger partial charge in [0.1, 0.15) is 11.6 Å². The van der Waals surface area contributed by atoms with Gasteiger partial charge in [0, 0.05) is 19.2 Å². The van der Waals surface area contributed by atoms with Gasteiger partial charge >= 0.3 is 16.2 Å². The number of hydrogen-bond donors (Lipinski definition) is 2. The normalized spacial score (nSPS) is 17.6. The van der Waals surface area contributed by atoms with Gasteiger partial charge in [-0.1, -0.05) is 0 Å². The standard InChI is InChI=1S/C12H14F2N2O4S/c13-9-1-2-10(14)11(7-9)15-21(19,20)16-5-3-8(4-6-16)12(17)18/h1-2,7-8,15H,3-6H2,(H,17,18). The molecule has 116 valence electrons. The van der Waals surface area contributed by atoms with E-state index < -0.39 is 39.4 Å². The summed E-state index contributed by atoms with van der Waals surface area (Å²) < 4.78 is 53.6. The van der Waals surface area contributed by atoms with E-state index in [4.69, 9.17) is 5.11 Å². The molecule has 0 aliphatic carbocycles. The average molecular weight is 320 g/mol. The van der Waals surface area contributed by atoms with Crippen LogP contribution in [0.1, 0.15) is 12.8 Å². The summed E-state index contributed by atoms with van der Waals surface area (Å²) in [5.41, 5.74) is -0.477. The Hall–Kier alpha value is -1.74. The van der Waals surface area contributed by atoms with Gasteiger partial charge < -0.3 is 5.11 Å². The third-order valence-electron chi connectivity index (χ3n) is 3.31. The van der Waals surface area contributed by atoms with Crippen molar-refractivity contribution in [2.75, 3.05) is 17.8 Å². The predicted octanol–water partition coefficient (Wildman–Crippen LogP) is 1.42. The van der Waals surface area contributed by atoms with E-state index in [1.807, 2.05) is 4.72 Å². The lowest BCUT2D eigenvalue weighted by Gasteiger charge is -2.29. The maximum absolute atomic E-state index is 13.4. The molecule has 2 N–H and O–H groups in total. The molecule has 0 aromatic heterocycles. The molecular formula is C12H14F2N2O4S. The van der Waals surface area contributed by atoms with E-state index in [1.54, 1.807) is 0 Å². The number of halogens is 2. The summed E-state index contributed by atoms with van der Waals surface area (Å²) in [6.07, 6.45) is 0.365. The Morgan fingerprint density at radius 3 is 2.48 bits per heavy atom. The van der Waals surface area contributed by atoms with Crippen molar-refractivity contribution in [1.82, 2.24) is 4.31 Å². The smallest absolute Gasteiger partial charge is 0.306 e. The van der Waals surface area contributed by atoms with Crippen molar-refractivity contribution in [2.24, 2.45) is 5.92 Å². The Labute approximate surface area is 120 Å². The van der Waals surface area contributed by atoms with Crippen LogP contribution in [0.25, 0.3) is 0 Å². The lowest BCUT2D eigenvalue weighted by Crippen LogP contribution is -2.43. The van der Waals surface area contributed by atoms with Crippen molar-refractivity contribution >= 4 is 21.9 Å².